The smallest absolute Gasteiger partial charge is 0.413 e. The second kappa shape index (κ2) is 5.88. The summed E-state index contributed by atoms with van der Waals surface area (Å²) in [5, 5.41) is 6.84. The molecule has 9 heteroatoms. The number of nitrogens with one attached hydrogen (secondary N) is 1. The first-order valence-corrected chi connectivity index (χ1v) is 8.27. The second-order valence-corrected chi connectivity index (χ2v) is 7.30. The van der Waals surface area contributed by atoms with E-state index >= 15 is 0 Å². The normalized spacial score (nSPS) is 22.4. The van der Waals surface area contributed by atoms with E-state index in [1.54, 1.807) is 7.05 Å². The van der Waals surface area contributed by atoms with Crippen LogP contribution < -0.4 is 5.32 Å². The number of hydrogen-bond donors (Lipinski definition) is 1. The van der Waals surface area contributed by atoms with Gasteiger partial charge >= 0.3 is 6.09 Å². The topological polar surface area (TPSA) is 56.2 Å². The highest BCUT2D eigenvalue weighted by Crippen LogP contribution is 2.50. The van der Waals surface area contributed by atoms with Gasteiger partial charge in [0.15, 0.2) is 0 Å². The third-order valence-corrected chi connectivity index (χ3v) is 4.71. The lowest BCUT2D eigenvalue weighted by Crippen LogP contribution is -2.43. The van der Waals surface area contributed by atoms with E-state index in [2.05, 4.69) is 10.4 Å². The number of nitrogens with zero attached hydrogens (tertiary/aromatic N) is 2. The molecule has 0 unspecified atom stereocenters. The number of halogens is 4. The molecule has 140 valence electrons. The van der Waals surface area contributed by atoms with Crippen molar-refractivity contribution in [2.24, 2.45) is 7.05 Å². The van der Waals surface area contributed by atoms with Crippen molar-refractivity contribution in [3.05, 3.63) is 11.3 Å². The van der Waals surface area contributed by atoms with Gasteiger partial charge < -0.3 is 4.74 Å². The molecule has 0 saturated heterocycles. The minimum Gasteiger partial charge on any atom is -0.445 e. The molecule has 25 heavy (non-hydrogen) atoms. The summed E-state index contributed by atoms with van der Waals surface area (Å²) in [6.45, 7) is 3.75. The number of aryl methyl sites for hydroxylation is 1. The van der Waals surface area contributed by atoms with Crippen LogP contribution in [0.15, 0.2) is 0 Å². The van der Waals surface area contributed by atoms with E-state index in [0.29, 0.717) is 17.1 Å². The summed E-state index contributed by atoms with van der Waals surface area (Å²) >= 11 is 0. The fourth-order valence-corrected chi connectivity index (χ4v) is 3.40. The molecule has 0 radical (unpaired) electrons. The molecule has 0 aromatic carbocycles. The summed E-state index contributed by atoms with van der Waals surface area (Å²) in [7, 11) is 1.60. The van der Waals surface area contributed by atoms with Crippen molar-refractivity contribution < 1.29 is 27.1 Å². The zero-order chi connectivity index (χ0) is 18.6. The molecule has 5 nitrogen and oxygen atoms in total. The van der Waals surface area contributed by atoms with Gasteiger partial charge in [-0.1, -0.05) is 13.8 Å². The van der Waals surface area contributed by atoms with Gasteiger partial charge in [0.2, 0.25) is 5.92 Å². The van der Waals surface area contributed by atoms with Gasteiger partial charge in [-0.3, -0.25) is 10.00 Å². The molecular formula is C16H21F4N3O2. The quantitative estimate of drug-likeness (QED) is 0.807. The van der Waals surface area contributed by atoms with E-state index < -0.39 is 36.9 Å². The highest BCUT2D eigenvalue weighted by Gasteiger charge is 2.49. The number of aromatic nitrogens is 2. The molecular weight excluding hydrogens is 342 g/mol. The van der Waals surface area contributed by atoms with E-state index in [1.165, 1.54) is 4.68 Å². The minimum atomic E-state index is -2.77. The van der Waals surface area contributed by atoms with Gasteiger partial charge in [0.25, 0.3) is 5.92 Å². The predicted molar refractivity (Wildman–Crippen MR) is 82.3 cm³/mol. The first-order chi connectivity index (χ1) is 11.5. The molecule has 2 aliphatic carbocycles. The summed E-state index contributed by atoms with van der Waals surface area (Å²) in [5.41, 5.74) is 1.23. The van der Waals surface area contributed by atoms with Crippen LogP contribution in [0.3, 0.4) is 0 Å². The maximum atomic E-state index is 13.2. The van der Waals surface area contributed by atoms with Gasteiger partial charge in [-0.15, -0.1) is 0 Å². The van der Waals surface area contributed by atoms with E-state index in [0.717, 1.165) is 0 Å². The van der Waals surface area contributed by atoms with Crippen LogP contribution in [0.5, 0.6) is 0 Å². The molecule has 1 aromatic heterocycles. The fourth-order valence-electron chi connectivity index (χ4n) is 3.40. The first kappa shape index (κ1) is 18.0. The molecule has 1 heterocycles. The van der Waals surface area contributed by atoms with Gasteiger partial charge in [-0.2, -0.15) is 5.10 Å². The number of rotatable bonds is 4. The highest BCUT2D eigenvalue weighted by atomic mass is 19.3. The summed E-state index contributed by atoms with van der Waals surface area (Å²) < 4.78 is 58.4. The Morgan fingerprint density at radius 3 is 2.24 bits per heavy atom. The molecule has 0 bridgehead atoms. The Bertz CT molecular complexity index is 671. The van der Waals surface area contributed by atoms with Crippen molar-refractivity contribution in [3.63, 3.8) is 0 Å². The zero-order valence-corrected chi connectivity index (χ0v) is 14.3. The molecule has 3 rings (SSSR count). The largest absolute Gasteiger partial charge is 0.445 e. The number of ether oxygens (including phenoxy) is 1. The number of alkyl halides is 4. The van der Waals surface area contributed by atoms with Gasteiger partial charge in [-0.25, -0.2) is 22.4 Å². The van der Waals surface area contributed by atoms with Crippen molar-refractivity contribution >= 4 is 11.9 Å². The Hall–Kier alpha value is -1.80. The van der Waals surface area contributed by atoms with Crippen molar-refractivity contribution in [1.82, 2.24) is 9.78 Å². The van der Waals surface area contributed by atoms with Crippen LogP contribution >= 0.6 is 0 Å². The van der Waals surface area contributed by atoms with Crippen molar-refractivity contribution in [1.29, 1.82) is 0 Å². The number of amides is 1. The maximum absolute atomic E-state index is 13.2. The Morgan fingerprint density at radius 1 is 1.20 bits per heavy atom. The van der Waals surface area contributed by atoms with Crippen LogP contribution in [0.1, 0.15) is 62.6 Å². The lowest BCUT2D eigenvalue weighted by Gasteiger charge is -2.34. The number of anilines is 1. The van der Waals surface area contributed by atoms with Crippen LogP contribution in [0.25, 0.3) is 0 Å². The zero-order valence-electron chi connectivity index (χ0n) is 14.3. The SMILES string of the molecule is CC(C)c1c(C2CC(F)(F)C2)nn(C)c1NC(=O)OC1CC(F)(F)C1. The van der Waals surface area contributed by atoms with Crippen molar-refractivity contribution in [2.75, 3.05) is 5.32 Å². The molecule has 1 aromatic rings. The Balaban J connectivity index is 1.72. The molecule has 2 fully saturated rings. The van der Waals surface area contributed by atoms with Crippen LogP contribution in [-0.4, -0.2) is 33.8 Å². The lowest BCUT2D eigenvalue weighted by atomic mass is 9.77. The third-order valence-electron chi connectivity index (χ3n) is 4.71. The van der Waals surface area contributed by atoms with E-state index in [-0.39, 0.29) is 24.7 Å². The van der Waals surface area contributed by atoms with E-state index in [4.69, 9.17) is 4.74 Å². The monoisotopic (exact) mass is 363 g/mol. The minimum absolute atomic E-state index is 0.0544. The van der Waals surface area contributed by atoms with Gasteiger partial charge in [0.05, 0.1) is 5.69 Å². The summed E-state index contributed by atoms with van der Waals surface area (Å²) in [6, 6.07) is 0. The highest BCUT2D eigenvalue weighted by molar-refractivity contribution is 5.85. The molecule has 1 N–H and O–H groups in total. The fraction of sp³-hybridized carbons (Fsp3) is 0.750. The molecule has 0 aliphatic heterocycles. The summed E-state index contributed by atoms with van der Waals surface area (Å²) in [6.07, 6.45) is -3.13. The predicted octanol–water partition coefficient (Wildman–Crippen LogP) is 4.40. The number of carbonyl (C=O) groups is 1. The van der Waals surface area contributed by atoms with E-state index in [9.17, 15) is 22.4 Å². The third kappa shape index (κ3) is 3.59. The van der Waals surface area contributed by atoms with Crippen molar-refractivity contribution in [2.45, 2.75) is 69.3 Å². The lowest BCUT2D eigenvalue weighted by molar-refractivity contribution is -0.142. The maximum Gasteiger partial charge on any atom is 0.413 e. The first-order valence-electron chi connectivity index (χ1n) is 8.27. The molecule has 1 amide bonds. The van der Waals surface area contributed by atoms with Gasteiger partial charge in [-0.05, 0) is 5.92 Å². The standard InChI is InChI=1S/C16H21F4N3O2/c1-8(2)11-12(9-4-15(17,18)5-9)22-23(3)13(11)21-14(24)25-10-6-16(19,20)7-10/h8-10H,4-7H2,1-3H3,(H,21,24). The van der Waals surface area contributed by atoms with Crippen molar-refractivity contribution in [3.8, 4) is 0 Å². The van der Waals surface area contributed by atoms with Gasteiger partial charge in [0.1, 0.15) is 11.9 Å². The van der Waals surface area contributed by atoms with Crippen LogP contribution in [0.2, 0.25) is 0 Å². The second-order valence-electron chi connectivity index (χ2n) is 7.30. The Kier molecular flexibility index (Phi) is 4.23. The van der Waals surface area contributed by atoms with Crippen LogP contribution in [0.4, 0.5) is 28.2 Å². The summed E-state index contributed by atoms with van der Waals surface area (Å²) in [5.74, 6) is -5.49. The number of hydrogen-bond acceptors (Lipinski definition) is 3. The Morgan fingerprint density at radius 2 is 1.76 bits per heavy atom. The average Bonchev–Trinajstić information content (AvgIpc) is 2.70. The van der Waals surface area contributed by atoms with E-state index in [1.807, 2.05) is 13.8 Å². The molecule has 0 atom stereocenters. The molecule has 0 spiro atoms. The van der Waals surface area contributed by atoms with Crippen LogP contribution in [-0.2, 0) is 11.8 Å². The number of carbonyl (C=O) groups excluding carboxylic acids is 1. The molecule has 2 saturated carbocycles. The van der Waals surface area contributed by atoms with Crippen LogP contribution in [0, 0.1) is 0 Å². The Labute approximate surface area is 142 Å². The summed E-state index contributed by atoms with van der Waals surface area (Å²) in [4.78, 5) is 12.0. The van der Waals surface area contributed by atoms with Gasteiger partial charge in [0, 0.05) is 44.2 Å². The average molecular weight is 363 g/mol. The molecule has 2 aliphatic rings.